The van der Waals surface area contributed by atoms with Crippen LogP contribution in [0.25, 0.3) is 11.3 Å². The molecule has 0 aliphatic carbocycles. The highest BCUT2D eigenvalue weighted by molar-refractivity contribution is 5.92. The molecule has 1 aromatic carbocycles. The molecule has 3 heterocycles. The van der Waals surface area contributed by atoms with Gasteiger partial charge in [0.2, 0.25) is 0 Å². The Morgan fingerprint density at radius 1 is 1.16 bits per heavy atom. The van der Waals surface area contributed by atoms with Gasteiger partial charge in [0.1, 0.15) is 5.76 Å². The van der Waals surface area contributed by atoms with Crippen molar-refractivity contribution in [2.24, 2.45) is 0 Å². The Morgan fingerprint density at radius 3 is 2.64 bits per heavy atom. The zero-order chi connectivity index (χ0) is 17.6. The zero-order valence-electron chi connectivity index (χ0n) is 13.3. The van der Waals surface area contributed by atoms with Gasteiger partial charge >= 0.3 is 6.18 Å². The molecule has 2 aliphatic rings. The molecule has 4 rings (SSSR count). The van der Waals surface area contributed by atoms with E-state index in [-0.39, 0.29) is 29.2 Å². The van der Waals surface area contributed by atoms with Crippen LogP contribution in [0, 0.1) is 0 Å². The molecule has 0 spiro atoms. The number of amides is 1. The van der Waals surface area contributed by atoms with Crippen molar-refractivity contribution in [3.8, 4) is 11.3 Å². The minimum Gasteiger partial charge on any atom is -0.451 e. The molecule has 0 radical (unpaired) electrons. The molecule has 2 aromatic rings. The third kappa shape index (κ3) is 3.04. The summed E-state index contributed by atoms with van der Waals surface area (Å²) < 4.78 is 44.8. The van der Waals surface area contributed by atoms with Gasteiger partial charge in [0.25, 0.3) is 5.91 Å². The lowest BCUT2D eigenvalue weighted by Crippen LogP contribution is -2.42. The molecule has 7 heteroatoms. The summed E-state index contributed by atoms with van der Waals surface area (Å²) in [6.07, 6.45) is -1.46. The molecule has 25 heavy (non-hydrogen) atoms. The molecule has 0 saturated carbocycles. The Bertz CT molecular complexity index is 800. The summed E-state index contributed by atoms with van der Waals surface area (Å²) in [6.45, 7) is 0. The van der Waals surface area contributed by atoms with Crippen LogP contribution in [0.1, 0.15) is 35.4 Å². The number of rotatable bonds is 3. The summed E-state index contributed by atoms with van der Waals surface area (Å²) in [4.78, 5) is 12.3. The third-order valence-electron chi connectivity index (χ3n) is 4.94. The normalized spacial score (nSPS) is 25.3. The second-order valence-corrected chi connectivity index (χ2v) is 6.57. The van der Waals surface area contributed by atoms with Gasteiger partial charge in [-0.25, -0.2) is 0 Å². The van der Waals surface area contributed by atoms with Crippen molar-refractivity contribution in [3.05, 3.63) is 47.7 Å². The predicted octanol–water partition coefficient (Wildman–Crippen LogP) is 3.59. The number of nitrogens with one attached hydrogen (secondary N) is 2. The molecule has 0 unspecified atom stereocenters. The molecule has 2 saturated heterocycles. The van der Waals surface area contributed by atoms with E-state index in [4.69, 9.17) is 4.42 Å². The quantitative estimate of drug-likeness (QED) is 0.890. The average Bonchev–Trinajstić information content (AvgIpc) is 3.30. The van der Waals surface area contributed by atoms with Gasteiger partial charge in [-0.15, -0.1) is 0 Å². The maximum Gasteiger partial charge on any atom is 0.417 e. The Labute approximate surface area is 142 Å². The number of furan rings is 1. The lowest BCUT2D eigenvalue weighted by Gasteiger charge is -2.20. The average molecular weight is 350 g/mol. The summed E-state index contributed by atoms with van der Waals surface area (Å²) >= 11 is 0. The largest absolute Gasteiger partial charge is 0.451 e. The monoisotopic (exact) mass is 350 g/mol. The number of hydrogen-bond donors (Lipinski definition) is 2. The smallest absolute Gasteiger partial charge is 0.417 e. The van der Waals surface area contributed by atoms with Crippen LogP contribution in [0.2, 0.25) is 0 Å². The Hall–Kier alpha value is -2.28. The SMILES string of the molecule is O=C(N[C@@H]1C[C@H]2CC[C@@H]1N2)c1ccc(-c2ccccc2C(F)(F)F)o1. The van der Waals surface area contributed by atoms with Crippen molar-refractivity contribution < 1.29 is 22.4 Å². The van der Waals surface area contributed by atoms with Crippen LogP contribution in [-0.2, 0) is 6.18 Å². The van der Waals surface area contributed by atoms with Crippen LogP contribution in [0.5, 0.6) is 0 Å². The van der Waals surface area contributed by atoms with Crippen molar-refractivity contribution in [3.63, 3.8) is 0 Å². The number of halogens is 3. The highest BCUT2D eigenvalue weighted by atomic mass is 19.4. The van der Waals surface area contributed by atoms with Gasteiger partial charge < -0.3 is 15.1 Å². The minimum absolute atomic E-state index is 0.0229. The van der Waals surface area contributed by atoms with E-state index >= 15 is 0 Å². The van der Waals surface area contributed by atoms with Crippen LogP contribution >= 0.6 is 0 Å². The molecule has 4 nitrogen and oxygen atoms in total. The van der Waals surface area contributed by atoms with Gasteiger partial charge in [-0.1, -0.05) is 18.2 Å². The fourth-order valence-corrected chi connectivity index (χ4v) is 3.77. The first kappa shape index (κ1) is 16.2. The first-order valence-corrected chi connectivity index (χ1v) is 8.25. The van der Waals surface area contributed by atoms with E-state index in [1.54, 1.807) is 0 Å². The second-order valence-electron chi connectivity index (χ2n) is 6.57. The lowest BCUT2D eigenvalue weighted by molar-refractivity contribution is -0.137. The van der Waals surface area contributed by atoms with E-state index in [2.05, 4.69) is 10.6 Å². The van der Waals surface area contributed by atoms with Crippen molar-refractivity contribution >= 4 is 5.91 Å². The third-order valence-corrected chi connectivity index (χ3v) is 4.94. The van der Waals surface area contributed by atoms with Crippen LogP contribution in [-0.4, -0.2) is 24.0 Å². The van der Waals surface area contributed by atoms with Gasteiger partial charge in [-0.3, -0.25) is 4.79 Å². The van der Waals surface area contributed by atoms with Gasteiger partial charge in [-0.05, 0) is 37.5 Å². The number of alkyl halides is 3. The maximum absolute atomic E-state index is 13.1. The zero-order valence-corrected chi connectivity index (χ0v) is 13.3. The Balaban J connectivity index is 1.54. The number of hydrogen-bond acceptors (Lipinski definition) is 3. The number of carbonyl (C=O) groups is 1. The Kier molecular flexibility index (Phi) is 3.83. The molecular weight excluding hydrogens is 333 g/mol. The Morgan fingerprint density at radius 2 is 1.96 bits per heavy atom. The summed E-state index contributed by atoms with van der Waals surface area (Å²) in [5, 5.41) is 6.34. The van der Waals surface area contributed by atoms with E-state index in [1.807, 2.05) is 0 Å². The van der Waals surface area contributed by atoms with E-state index in [0.29, 0.717) is 6.04 Å². The van der Waals surface area contributed by atoms with Crippen molar-refractivity contribution in [1.29, 1.82) is 0 Å². The molecule has 2 N–H and O–H groups in total. The van der Waals surface area contributed by atoms with Crippen molar-refractivity contribution in [2.75, 3.05) is 0 Å². The fraction of sp³-hybridized carbons (Fsp3) is 0.389. The number of benzene rings is 1. The first-order valence-electron chi connectivity index (χ1n) is 8.25. The van der Waals surface area contributed by atoms with Crippen LogP contribution in [0.3, 0.4) is 0 Å². The van der Waals surface area contributed by atoms with Crippen LogP contribution in [0.4, 0.5) is 13.2 Å². The molecule has 3 atom stereocenters. The topological polar surface area (TPSA) is 54.3 Å². The highest BCUT2D eigenvalue weighted by Gasteiger charge is 2.40. The van der Waals surface area contributed by atoms with Crippen molar-refractivity contribution in [2.45, 2.75) is 43.6 Å². The van der Waals surface area contributed by atoms with E-state index in [9.17, 15) is 18.0 Å². The molecule has 1 aromatic heterocycles. The van der Waals surface area contributed by atoms with Gasteiger partial charge in [0.15, 0.2) is 5.76 Å². The number of fused-ring (bicyclic) bond motifs is 2. The second kappa shape index (κ2) is 5.91. The lowest BCUT2D eigenvalue weighted by atomic mass is 9.95. The maximum atomic E-state index is 13.1. The fourth-order valence-electron chi connectivity index (χ4n) is 3.77. The summed E-state index contributed by atoms with van der Waals surface area (Å²) in [6, 6.07) is 8.75. The van der Waals surface area contributed by atoms with Crippen molar-refractivity contribution in [1.82, 2.24) is 10.6 Å². The first-order chi connectivity index (χ1) is 11.9. The van der Waals surface area contributed by atoms with Gasteiger partial charge in [0.05, 0.1) is 5.56 Å². The highest BCUT2D eigenvalue weighted by Crippen LogP contribution is 2.37. The molecule has 2 bridgehead atoms. The molecule has 2 fully saturated rings. The van der Waals surface area contributed by atoms with E-state index < -0.39 is 17.6 Å². The molecule has 2 aliphatic heterocycles. The van der Waals surface area contributed by atoms with Crippen LogP contribution in [0.15, 0.2) is 40.8 Å². The summed E-state index contributed by atoms with van der Waals surface area (Å²) in [5.74, 6) is -0.339. The van der Waals surface area contributed by atoms with E-state index in [1.165, 1.54) is 30.3 Å². The molecule has 132 valence electrons. The summed E-state index contributed by atoms with van der Waals surface area (Å²) in [5.41, 5.74) is -0.857. The molecular formula is C18H17F3N2O2. The summed E-state index contributed by atoms with van der Waals surface area (Å²) in [7, 11) is 0. The predicted molar refractivity (Wildman–Crippen MR) is 85.0 cm³/mol. The standard InChI is InChI=1S/C18H17F3N2O2/c19-18(20,21)12-4-2-1-3-11(12)15-7-8-16(25-15)17(24)23-14-9-10-5-6-13(14)22-10/h1-4,7-8,10,13-14,22H,5-6,9H2,(H,23,24)/t10-,13+,14-/m1/s1. The van der Waals surface area contributed by atoms with Gasteiger partial charge in [0, 0.05) is 23.7 Å². The van der Waals surface area contributed by atoms with Crippen LogP contribution < -0.4 is 10.6 Å². The minimum atomic E-state index is -4.49. The van der Waals surface area contributed by atoms with Gasteiger partial charge in [-0.2, -0.15) is 13.2 Å². The van der Waals surface area contributed by atoms with E-state index in [0.717, 1.165) is 25.3 Å². The number of carbonyl (C=O) groups excluding carboxylic acids is 1. The molecule has 1 amide bonds.